The Morgan fingerprint density at radius 2 is 1.83 bits per heavy atom. The SMILES string of the molecule is C=C(c1ccc(Cl)cc1)c1c(-c2c(C)coc2C=N[S@](=O)C(C)(C)C)sc(C)c1C. The molecule has 2 aromatic heterocycles. The Kier molecular flexibility index (Phi) is 6.56. The zero-order chi connectivity index (χ0) is 22.2. The van der Waals surface area contributed by atoms with E-state index in [2.05, 4.69) is 24.8 Å². The Labute approximate surface area is 190 Å². The van der Waals surface area contributed by atoms with E-state index < -0.39 is 15.7 Å². The van der Waals surface area contributed by atoms with Crippen LogP contribution >= 0.6 is 22.9 Å². The van der Waals surface area contributed by atoms with E-state index >= 15 is 0 Å². The largest absolute Gasteiger partial charge is 0.462 e. The highest BCUT2D eigenvalue weighted by molar-refractivity contribution is 7.85. The molecule has 158 valence electrons. The second-order valence-electron chi connectivity index (χ2n) is 8.23. The topological polar surface area (TPSA) is 42.6 Å². The second-order valence-corrected chi connectivity index (χ2v) is 11.8. The van der Waals surface area contributed by atoms with Crippen molar-refractivity contribution in [2.45, 2.75) is 46.3 Å². The van der Waals surface area contributed by atoms with Gasteiger partial charge in [0.25, 0.3) is 0 Å². The number of aryl methyl sites for hydroxylation is 2. The van der Waals surface area contributed by atoms with Gasteiger partial charge in [-0.3, -0.25) is 0 Å². The van der Waals surface area contributed by atoms with Gasteiger partial charge in [0, 0.05) is 25.9 Å². The fourth-order valence-electron chi connectivity index (χ4n) is 3.07. The first-order valence-corrected chi connectivity index (χ1v) is 11.9. The van der Waals surface area contributed by atoms with Crippen molar-refractivity contribution in [1.82, 2.24) is 0 Å². The molecule has 0 unspecified atom stereocenters. The third kappa shape index (κ3) is 4.53. The Morgan fingerprint density at radius 3 is 2.43 bits per heavy atom. The zero-order valence-electron chi connectivity index (χ0n) is 18.1. The Balaban J connectivity index is 2.12. The maximum atomic E-state index is 12.4. The van der Waals surface area contributed by atoms with E-state index in [9.17, 15) is 4.21 Å². The van der Waals surface area contributed by atoms with Crippen molar-refractivity contribution in [2.75, 3.05) is 0 Å². The molecule has 3 nitrogen and oxygen atoms in total. The monoisotopic (exact) mass is 459 g/mol. The summed E-state index contributed by atoms with van der Waals surface area (Å²) >= 11 is 7.77. The summed E-state index contributed by atoms with van der Waals surface area (Å²) in [6.45, 7) is 16.3. The number of hydrogen-bond donors (Lipinski definition) is 0. The number of furan rings is 1. The summed E-state index contributed by atoms with van der Waals surface area (Å²) in [5.74, 6) is 0.608. The van der Waals surface area contributed by atoms with Gasteiger partial charge >= 0.3 is 0 Å². The van der Waals surface area contributed by atoms with Crippen LogP contribution in [-0.4, -0.2) is 15.2 Å². The molecule has 0 fully saturated rings. The molecule has 3 rings (SSSR count). The van der Waals surface area contributed by atoms with E-state index in [1.807, 2.05) is 52.0 Å². The summed E-state index contributed by atoms with van der Waals surface area (Å²) in [7, 11) is -1.36. The van der Waals surface area contributed by atoms with Crippen LogP contribution in [0, 0.1) is 20.8 Å². The van der Waals surface area contributed by atoms with Crippen molar-refractivity contribution in [3.05, 3.63) is 75.0 Å². The molecule has 0 N–H and O–H groups in total. The van der Waals surface area contributed by atoms with Gasteiger partial charge in [-0.1, -0.05) is 30.3 Å². The lowest BCUT2D eigenvalue weighted by molar-refractivity contribution is 0.559. The Morgan fingerprint density at radius 1 is 1.20 bits per heavy atom. The summed E-state index contributed by atoms with van der Waals surface area (Å²) in [4.78, 5) is 2.30. The van der Waals surface area contributed by atoms with Crippen molar-refractivity contribution in [3.63, 3.8) is 0 Å². The third-order valence-corrected chi connectivity index (χ3v) is 7.72. The van der Waals surface area contributed by atoms with E-state index in [1.54, 1.807) is 23.8 Å². The highest BCUT2D eigenvalue weighted by Crippen LogP contribution is 2.44. The number of benzene rings is 1. The first kappa shape index (κ1) is 22.7. The van der Waals surface area contributed by atoms with Crippen molar-refractivity contribution < 1.29 is 8.63 Å². The molecule has 0 radical (unpaired) electrons. The van der Waals surface area contributed by atoms with Crippen LogP contribution < -0.4 is 0 Å². The van der Waals surface area contributed by atoms with Crippen molar-refractivity contribution >= 4 is 45.7 Å². The molecule has 2 heterocycles. The standard InChI is InChI=1S/C24H26ClNO2S2/c1-14-13-28-20(12-26-30(27)24(5,6)7)21(14)23-22(15(2)17(4)29-23)16(3)18-8-10-19(25)11-9-18/h8-13H,3H2,1-2,4-7H3/t30-/m1/s1. The second kappa shape index (κ2) is 8.66. The molecular weight excluding hydrogens is 434 g/mol. The van der Waals surface area contributed by atoms with Gasteiger partial charge in [-0.05, 0) is 75.9 Å². The molecular formula is C24H26ClNO2S2. The smallest absolute Gasteiger partial charge is 0.154 e. The molecule has 0 saturated carbocycles. The van der Waals surface area contributed by atoms with E-state index in [-0.39, 0.29) is 0 Å². The summed E-state index contributed by atoms with van der Waals surface area (Å²) in [6.07, 6.45) is 3.30. The van der Waals surface area contributed by atoms with Crippen molar-refractivity contribution in [1.29, 1.82) is 0 Å². The van der Waals surface area contributed by atoms with Crippen LogP contribution in [0.5, 0.6) is 0 Å². The van der Waals surface area contributed by atoms with Crippen LogP contribution in [-0.2, 0) is 11.0 Å². The number of halogens is 1. The highest BCUT2D eigenvalue weighted by atomic mass is 35.5. The Bertz CT molecular complexity index is 1150. The van der Waals surface area contributed by atoms with Crippen molar-refractivity contribution in [2.24, 2.45) is 4.40 Å². The van der Waals surface area contributed by atoms with E-state index in [1.165, 1.54) is 10.4 Å². The van der Waals surface area contributed by atoms with Gasteiger partial charge in [0.15, 0.2) is 5.76 Å². The fraction of sp³-hybridized carbons (Fsp3) is 0.292. The van der Waals surface area contributed by atoms with Crippen LogP contribution in [0.15, 0.2) is 45.9 Å². The molecule has 30 heavy (non-hydrogen) atoms. The van der Waals surface area contributed by atoms with Gasteiger partial charge in [0.2, 0.25) is 0 Å². The lowest BCUT2D eigenvalue weighted by atomic mass is 9.93. The van der Waals surface area contributed by atoms with Gasteiger partial charge < -0.3 is 4.42 Å². The molecule has 6 heteroatoms. The van der Waals surface area contributed by atoms with Gasteiger partial charge in [-0.15, -0.1) is 11.3 Å². The molecule has 0 aliphatic carbocycles. The number of nitrogens with zero attached hydrogens (tertiary/aromatic N) is 1. The number of thiophene rings is 1. The molecule has 0 aliphatic heterocycles. The first-order chi connectivity index (χ1) is 14.0. The average Bonchev–Trinajstić information content (AvgIpc) is 3.18. The molecule has 3 aromatic rings. The first-order valence-electron chi connectivity index (χ1n) is 9.60. The molecule has 0 bridgehead atoms. The molecule has 0 aliphatic rings. The molecule has 0 spiro atoms. The normalized spacial score (nSPS) is 13.2. The third-order valence-electron chi connectivity index (χ3n) is 4.90. The summed E-state index contributed by atoms with van der Waals surface area (Å²) in [6, 6.07) is 7.72. The fourth-order valence-corrected chi connectivity index (χ4v) is 5.00. The van der Waals surface area contributed by atoms with E-state index in [0.717, 1.165) is 32.7 Å². The van der Waals surface area contributed by atoms with Crippen LogP contribution in [0.2, 0.25) is 5.02 Å². The van der Waals surface area contributed by atoms with E-state index in [4.69, 9.17) is 16.0 Å². The summed E-state index contributed by atoms with van der Waals surface area (Å²) < 4.78 is 22.0. The Hall–Kier alpha value is -1.95. The maximum absolute atomic E-state index is 12.4. The van der Waals surface area contributed by atoms with Gasteiger partial charge in [0.1, 0.15) is 11.0 Å². The summed E-state index contributed by atoms with van der Waals surface area (Å²) in [5.41, 5.74) is 6.21. The quantitative estimate of drug-likeness (QED) is 0.370. The molecule has 0 saturated heterocycles. The minimum Gasteiger partial charge on any atom is -0.462 e. The van der Waals surface area contributed by atoms with Crippen LogP contribution in [0.1, 0.15) is 53.7 Å². The minimum absolute atomic E-state index is 0.428. The average molecular weight is 460 g/mol. The highest BCUT2D eigenvalue weighted by Gasteiger charge is 2.24. The number of hydrogen-bond acceptors (Lipinski definition) is 3. The van der Waals surface area contributed by atoms with Crippen LogP contribution in [0.4, 0.5) is 0 Å². The summed E-state index contributed by atoms with van der Waals surface area (Å²) in [5, 5.41) is 0.695. The molecule has 1 atom stereocenters. The van der Waals surface area contributed by atoms with Gasteiger partial charge in [-0.25, -0.2) is 4.21 Å². The maximum Gasteiger partial charge on any atom is 0.154 e. The van der Waals surface area contributed by atoms with Crippen molar-refractivity contribution in [3.8, 4) is 10.4 Å². The minimum atomic E-state index is -1.36. The predicted octanol–water partition coefficient (Wildman–Crippen LogP) is 7.53. The number of rotatable bonds is 5. The van der Waals surface area contributed by atoms with E-state index in [0.29, 0.717) is 10.8 Å². The van der Waals surface area contributed by atoms with Gasteiger partial charge in [0.05, 0.1) is 17.2 Å². The van der Waals surface area contributed by atoms with Crippen LogP contribution in [0.3, 0.4) is 0 Å². The predicted molar refractivity (Wildman–Crippen MR) is 131 cm³/mol. The van der Waals surface area contributed by atoms with Crippen LogP contribution in [0.25, 0.3) is 16.0 Å². The zero-order valence-corrected chi connectivity index (χ0v) is 20.5. The lowest BCUT2D eigenvalue weighted by Gasteiger charge is -2.13. The lowest BCUT2D eigenvalue weighted by Crippen LogP contribution is -2.19. The van der Waals surface area contributed by atoms with Gasteiger partial charge in [-0.2, -0.15) is 4.40 Å². The molecule has 0 amide bonds. The molecule has 1 aromatic carbocycles.